The van der Waals surface area contributed by atoms with Crippen molar-refractivity contribution in [2.24, 2.45) is 10.2 Å². The van der Waals surface area contributed by atoms with Crippen LogP contribution in [0.2, 0.25) is 0 Å². The van der Waals surface area contributed by atoms with Crippen molar-refractivity contribution in [3.63, 3.8) is 0 Å². The highest BCUT2D eigenvalue weighted by Crippen LogP contribution is 2.32. The number of phenolic OH excluding ortho intramolecular Hbond substituents is 1. The zero-order valence-corrected chi connectivity index (χ0v) is 12.1. The Bertz CT molecular complexity index is 782. The summed E-state index contributed by atoms with van der Waals surface area (Å²) >= 11 is 3.38. The molecule has 0 aromatic heterocycles. The van der Waals surface area contributed by atoms with Crippen LogP contribution in [0.4, 0.5) is 11.4 Å². The predicted octanol–water partition coefficient (Wildman–Crippen LogP) is 5.72. The van der Waals surface area contributed by atoms with Gasteiger partial charge in [0.25, 0.3) is 0 Å². The quantitative estimate of drug-likeness (QED) is 0.601. The summed E-state index contributed by atoms with van der Waals surface area (Å²) < 4.78 is 0.999. The minimum absolute atomic E-state index is 0.188. The van der Waals surface area contributed by atoms with E-state index < -0.39 is 0 Å². The molecule has 0 aliphatic heterocycles. The van der Waals surface area contributed by atoms with Crippen LogP contribution in [0, 0.1) is 0 Å². The monoisotopic (exact) mass is 326 g/mol. The SMILES string of the molecule is Oc1cc(N=Nc2ccc(Br)cc2)c2ccccc2c1. The van der Waals surface area contributed by atoms with E-state index >= 15 is 0 Å². The van der Waals surface area contributed by atoms with Crippen LogP contribution in [0.15, 0.2) is 75.4 Å². The molecule has 0 amide bonds. The Kier molecular flexibility index (Phi) is 3.48. The van der Waals surface area contributed by atoms with Crippen molar-refractivity contribution < 1.29 is 5.11 Å². The lowest BCUT2D eigenvalue weighted by Gasteiger charge is -2.02. The molecule has 3 nitrogen and oxygen atoms in total. The summed E-state index contributed by atoms with van der Waals surface area (Å²) in [4.78, 5) is 0. The third kappa shape index (κ3) is 2.70. The average Bonchev–Trinajstić information content (AvgIpc) is 2.46. The van der Waals surface area contributed by atoms with E-state index in [1.807, 2.05) is 48.5 Å². The van der Waals surface area contributed by atoms with Crippen molar-refractivity contribution >= 4 is 38.1 Å². The highest BCUT2D eigenvalue weighted by Gasteiger charge is 2.02. The topological polar surface area (TPSA) is 45.0 Å². The Hall–Kier alpha value is -2.20. The standard InChI is InChI=1S/C16H11BrN2O/c17-12-5-7-13(8-6-12)18-19-16-10-14(20)9-11-3-1-2-4-15(11)16/h1-10,20H. The maximum atomic E-state index is 9.74. The average molecular weight is 327 g/mol. The molecule has 0 saturated heterocycles. The third-order valence-corrected chi connectivity index (χ3v) is 3.45. The van der Waals surface area contributed by atoms with Crippen molar-refractivity contribution in [1.82, 2.24) is 0 Å². The summed E-state index contributed by atoms with van der Waals surface area (Å²) in [5.74, 6) is 0.188. The van der Waals surface area contributed by atoms with Gasteiger partial charge in [-0.05, 0) is 35.7 Å². The van der Waals surface area contributed by atoms with Gasteiger partial charge in [0.05, 0.1) is 11.4 Å². The van der Waals surface area contributed by atoms with Gasteiger partial charge in [0.2, 0.25) is 0 Å². The Balaban J connectivity index is 2.04. The van der Waals surface area contributed by atoms with Gasteiger partial charge in [0, 0.05) is 15.9 Å². The van der Waals surface area contributed by atoms with Crippen LogP contribution < -0.4 is 0 Å². The highest BCUT2D eigenvalue weighted by molar-refractivity contribution is 9.10. The number of benzene rings is 3. The van der Waals surface area contributed by atoms with Gasteiger partial charge in [-0.25, -0.2) is 0 Å². The molecule has 3 aromatic carbocycles. The number of phenols is 1. The summed E-state index contributed by atoms with van der Waals surface area (Å²) in [6.45, 7) is 0. The molecule has 4 heteroatoms. The molecule has 0 bridgehead atoms. The van der Waals surface area contributed by atoms with Gasteiger partial charge >= 0.3 is 0 Å². The van der Waals surface area contributed by atoms with Crippen LogP contribution in [-0.4, -0.2) is 5.11 Å². The number of azo groups is 1. The van der Waals surface area contributed by atoms with Gasteiger partial charge < -0.3 is 5.11 Å². The molecule has 0 aliphatic rings. The van der Waals surface area contributed by atoms with Crippen LogP contribution >= 0.6 is 15.9 Å². The predicted molar refractivity (Wildman–Crippen MR) is 83.9 cm³/mol. The fourth-order valence-electron chi connectivity index (χ4n) is 1.98. The van der Waals surface area contributed by atoms with Crippen LogP contribution in [0.25, 0.3) is 10.8 Å². The molecule has 0 radical (unpaired) electrons. The number of rotatable bonds is 2. The number of hydrogen-bond acceptors (Lipinski definition) is 3. The number of nitrogens with zero attached hydrogens (tertiary/aromatic N) is 2. The van der Waals surface area contributed by atoms with E-state index in [9.17, 15) is 5.11 Å². The van der Waals surface area contributed by atoms with Crippen LogP contribution in [-0.2, 0) is 0 Å². The van der Waals surface area contributed by atoms with Gasteiger partial charge in [-0.15, -0.1) is 5.11 Å². The van der Waals surface area contributed by atoms with Crippen LogP contribution in [0.3, 0.4) is 0 Å². The summed E-state index contributed by atoms with van der Waals surface area (Å²) in [7, 11) is 0. The van der Waals surface area contributed by atoms with Gasteiger partial charge in [-0.2, -0.15) is 5.11 Å². The van der Waals surface area contributed by atoms with Crippen molar-refractivity contribution in [1.29, 1.82) is 0 Å². The molecular weight excluding hydrogens is 316 g/mol. The van der Waals surface area contributed by atoms with E-state index in [0.717, 1.165) is 20.9 Å². The zero-order chi connectivity index (χ0) is 13.9. The summed E-state index contributed by atoms with van der Waals surface area (Å²) in [5, 5.41) is 20.1. The highest BCUT2D eigenvalue weighted by atomic mass is 79.9. The maximum Gasteiger partial charge on any atom is 0.118 e. The maximum absolute atomic E-state index is 9.74. The van der Waals surface area contributed by atoms with Gasteiger partial charge in [0.1, 0.15) is 5.75 Å². The molecule has 98 valence electrons. The summed E-state index contributed by atoms with van der Waals surface area (Å²) in [6, 6.07) is 18.7. The normalized spacial score (nSPS) is 11.2. The first-order chi connectivity index (χ1) is 9.72. The molecule has 0 atom stereocenters. The van der Waals surface area contributed by atoms with Crippen LogP contribution in [0.5, 0.6) is 5.75 Å². The van der Waals surface area contributed by atoms with Crippen molar-refractivity contribution in [2.75, 3.05) is 0 Å². The minimum Gasteiger partial charge on any atom is -0.508 e. The Labute approximate surface area is 124 Å². The molecule has 0 unspecified atom stereocenters. The van der Waals surface area contributed by atoms with E-state index in [2.05, 4.69) is 26.2 Å². The fourth-order valence-corrected chi connectivity index (χ4v) is 2.24. The lowest BCUT2D eigenvalue weighted by atomic mass is 10.1. The second-order valence-corrected chi connectivity index (χ2v) is 5.28. The largest absolute Gasteiger partial charge is 0.508 e. The molecule has 0 fully saturated rings. The Morgan fingerprint density at radius 1 is 0.850 bits per heavy atom. The lowest BCUT2D eigenvalue weighted by molar-refractivity contribution is 0.476. The van der Waals surface area contributed by atoms with Crippen molar-refractivity contribution in [3.05, 3.63) is 65.1 Å². The van der Waals surface area contributed by atoms with Gasteiger partial charge in [-0.3, -0.25) is 0 Å². The first-order valence-corrected chi connectivity index (χ1v) is 6.91. The number of hydrogen-bond donors (Lipinski definition) is 1. The number of halogens is 1. The Morgan fingerprint density at radius 2 is 1.60 bits per heavy atom. The van der Waals surface area contributed by atoms with Crippen molar-refractivity contribution in [3.8, 4) is 5.75 Å². The third-order valence-electron chi connectivity index (χ3n) is 2.92. The molecule has 0 saturated carbocycles. The molecular formula is C16H11BrN2O. The van der Waals surface area contributed by atoms with E-state index in [1.165, 1.54) is 0 Å². The molecule has 0 aliphatic carbocycles. The molecule has 3 rings (SSSR count). The number of fused-ring (bicyclic) bond motifs is 1. The molecule has 0 spiro atoms. The van der Waals surface area contributed by atoms with Crippen molar-refractivity contribution in [2.45, 2.75) is 0 Å². The lowest BCUT2D eigenvalue weighted by Crippen LogP contribution is -1.74. The molecule has 1 N–H and O–H groups in total. The first-order valence-electron chi connectivity index (χ1n) is 6.11. The van der Waals surface area contributed by atoms with E-state index in [4.69, 9.17) is 0 Å². The second kappa shape index (κ2) is 5.43. The first kappa shape index (κ1) is 12.8. The summed E-state index contributed by atoms with van der Waals surface area (Å²) in [5.41, 5.74) is 1.42. The number of aromatic hydroxyl groups is 1. The van der Waals surface area contributed by atoms with E-state index in [1.54, 1.807) is 12.1 Å². The summed E-state index contributed by atoms with van der Waals surface area (Å²) in [6.07, 6.45) is 0. The van der Waals surface area contributed by atoms with Gasteiger partial charge in [-0.1, -0.05) is 40.2 Å². The fraction of sp³-hybridized carbons (Fsp3) is 0. The minimum atomic E-state index is 0.188. The molecule has 3 aromatic rings. The Morgan fingerprint density at radius 3 is 2.40 bits per heavy atom. The van der Waals surface area contributed by atoms with Crippen LogP contribution in [0.1, 0.15) is 0 Å². The van der Waals surface area contributed by atoms with Gasteiger partial charge in [0.15, 0.2) is 0 Å². The second-order valence-electron chi connectivity index (χ2n) is 4.36. The van der Waals surface area contributed by atoms with E-state index in [0.29, 0.717) is 5.69 Å². The zero-order valence-electron chi connectivity index (χ0n) is 10.5. The molecule has 0 heterocycles. The smallest absolute Gasteiger partial charge is 0.118 e. The molecule has 20 heavy (non-hydrogen) atoms. The van der Waals surface area contributed by atoms with E-state index in [-0.39, 0.29) is 5.75 Å².